The fourth-order valence-corrected chi connectivity index (χ4v) is 0.497. The summed E-state index contributed by atoms with van der Waals surface area (Å²) in [5, 5.41) is 8.43. The first-order valence-corrected chi connectivity index (χ1v) is 3.14. The van der Waals surface area contributed by atoms with Crippen LogP contribution < -0.4 is 0 Å². The van der Waals surface area contributed by atoms with Gasteiger partial charge < -0.3 is 9.84 Å². The molecule has 0 heterocycles. The molecule has 0 spiro atoms. The Kier molecular flexibility index (Phi) is 5.57. The molecule has 0 amide bonds. The molecule has 0 rings (SSSR count). The summed E-state index contributed by atoms with van der Waals surface area (Å²) in [7, 11) is 0. The topological polar surface area (TPSA) is 29.5 Å². The summed E-state index contributed by atoms with van der Waals surface area (Å²) in [5.41, 5.74) is 0. The van der Waals surface area contributed by atoms with Gasteiger partial charge in [0.2, 0.25) is 0 Å². The quantitative estimate of drug-likeness (QED) is 0.562. The van der Waals surface area contributed by atoms with E-state index in [2.05, 4.69) is 6.58 Å². The van der Waals surface area contributed by atoms with Crippen molar-refractivity contribution in [2.24, 2.45) is 0 Å². The van der Waals surface area contributed by atoms with E-state index in [1.54, 1.807) is 6.08 Å². The Morgan fingerprint density at radius 3 is 2.89 bits per heavy atom. The van der Waals surface area contributed by atoms with Gasteiger partial charge in [-0.1, -0.05) is 6.08 Å². The zero-order valence-corrected chi connectivity index (χ0v) is 5.84. The van der Waals surface area contributed by atoms with Crippen LogP contribution in [0.25, 0.3) is 0 Å². The molecule has 1 N–H and O–H groups in total. The van der Waals surface area contributed by atoms with Crippen LogP contribution in [0.3, 0.4) is 0 Å². The largest absolute Gasteiger partial charge is 0.396 e. The normalized spacial score (nSPS) is 13.1. The zero-order chi connectivity index (χ0) is 7.11. The molecule has 2 heteroatoms. The van der Waals surface area contributed by atoms with E-state index >= 15 is 0 Å². The van der Waals surface area contributed by atoms with Gasteiger partial charge in [-0.25, -0.2) is 0 Å². The molecule has 0 fully saturated rings. The minimum Gasteiger partial charge on any atom is -0.396 e. The van der Waals surface area contributed by atoms with Crippen molar-refractivity contribution in [3.8, 4) is 0 Å². The Morgan fingerprint density at radius 1 is 1.78 bits per heavy atom. The highest BCUT2D eigenvalue weighted by atomic mass is 16.5. The van der Waals surface area contributed by atoms with Crippen LogP contribution in [0.15, 0.2) is 12.7 Å². The number of hydrogen-bond donors (Lipinski definition) is 1. The van der Waals surface area contributed by atoms with Gasteiger partial charge in [0.05, 0.1) is 12.7 Å². The molecule has 0 aromatic rings. The van der Waals surface area contributed by atoms with E-state index < -0.39 is 0 Å². The Morgan fingerprint density at radius 2 is 2.44 bits per heavy atom. The number of aliphatic hydroxyl groups excluding tert-OH is 1. The van der Waals surface area contributed by atoms with Crippen LogP contribution >= 0.6 is 0 Å². The highest BCUT2D eigenvalue weighted by Gasteiger charge is 1.96. The van der Waals surface area contributed by atoms with Crippen LogP contribution in [-0.4, -0.2) is 24.4 Å². The molecular weight excluding hydrogens is 116 g/mol. The third-order valence-corrected chi connectivity index (χ3v) is 1.03. The molecule has 0 aromatic carbocycles. The molecule has 0 unspecified atom stereocenters. The average Bonchev–Trinajstić information content (AvgIpc) is 1.85. The average molecular weight is 130 g/mol. The maximum absolute atomic E-state index is 8.43. The molecule has 1 atom stereocenters. The summed E-state index contributed by atoms with van der Waals surface area (Å²) in [6.07, 6.45) is 2.55. The summed E-state index contributed by atoms with van der Waals surface area (Å²) in [5.74, 6) is 0. The molecule has 0 aromatic heterocycles. The van der Waals surface area contributed by atoms with Crippen molar-refractivity contribution in [1.82, 2.24) is 0 Å². The van der Waals surface area contributed by atoms with Gasteiger partial charge in [-0.05, 0) is 13.3 Å². The summed E-state index contributed by atoms with van der Waals surface area (Å²) in [6, 6.07) is 0. The Balaban J connectivity index is 3.04. The third kappa shape index (κ3) is 5.53. The summed E-state index contributed by atoms with van der Waals surface area (Å²) in [6.45, 7) is 6.20. The lowest BCUT2D eigenvalue weighted by molar-refractivity contribution is 0.0671. The SMILES string of the molecule is C=CCO[C@@H](C)CCO. The number of hydrogen-bond acceptors (Lipinski definition) is 2. The summed E-state index contributed by atoms with van der Waals surface area (Å²) >= 11 is 0. The zero-order valence-electron chi connectivity index (χ0n) is 5.84. The third-order valence-electron chi connectivity index (χ3n) is 1.03. The van der Waals surface area contributed by atoms with Crippen LogP contribution in [-0.2, 0) is 4.74 Å². The molecule has 9 heavy (non-hydrogen) atoms. The minimum atomic E-state index is 0.146. The van der Waals surface area contributed by atoms with Crippen molar-refractivity contribution in [2.45, 2.75) is 19.4 Å². The van der Waals surface area contributed by atoms with Crippen molar-refractivity contribution in [2.75, 3.05) is 13.2 Å². The van der Waals surface area contributed by atoms with E-state index in [0.717, 1.165) is 0 Å². The fourth-order valence-electron chi connectivity index (χ4n) is 0.497. The smallest absolute Gasteiger partial charge is 0.0648 e. The van der Waals surface area contributed by atoms with Crippen LogP contribution in [0.1, 0.15) is 13.3 Å². The van der Waals surface area contributed by atoms with Crippen LogP contribution in [0.2, 0.25) is 0 Å². The van der Waals surface area contributed by atoms with E-state index in [0.29, 0.717) is 13.0 Å². The molecule has 0 saturated heterocycles. The Hall–Kier alpha value is -0.340. The predicted molar refractivity (Wildman–Crippen MR) is 37.3 cm³/mol. The standard InChI is InChI=1S/C7H14O2/c1-3-6-9-7(2)4-5-8/h3,7-8H,1,4-6H2,2H3/t7-/m0/s1. The van der Waals surface area contributed by atoms with Gasteiger partial charge in [-0.3, -0.25) is 0 Å². The number of ether oxygens (including phenoxy) is 1. The maximum atomic E-state index is 8.43. The highest BCUT2D eigenvalue weighted by Crippen LogP contribution is 1.94. The van der Waals surface area contributed by atoms with Crippen molar-refractivity contribution < 1.29 is 9.84 Å². The van der Waals surface area contributed by atoms with Crippen LogP contribution in [0.5, 0.6) is 0 Å². The fraction of sp³-hybridized carbons (Fsp3) is 0.714. The van der Waals surface area contributed by atoms with Gasteiger partial charge in [-0.15, -0.1) is 6.58 Å². The van der Waals surface area contributed by atoms with E-state index in [9.17, 15) is 0 Å². The molecular formula is C7H14O2. The van der Waals surface area contributed by atoms with Gasteiger partial charge in [-0.2, -0.15) is 0 Å². The van der Waals surface area contributed by atoms with Gasteiger partial charge in [0, 0.05) is 6.61 Å². The van der Waals surface area contributed by atoms with E-state index in [1.807, 2.05) is 6.92 Å². The molecule has 0 saturated carbocycles. The predicted octanol–water partition coefficient (Wildman–Crippen LogP) is 0.960. The van der Waals surface area contributed by atoms with Crippen molar-refractivity contribution in [1.29, 1.82) is 0 Å². The van der Waals surface area contributed by atoms with Crippen LogP contribution in [0.4, 0.5) is 0 Å². The number of rotatable bonds is 5. The highest BCUT2D eigenvalue weighted by molar-refractivity contribution is 4.65. The lowest BCUT2D eigenvalue weighted by atomic mass is 10.3. The molecule has 2 nitrogen and oxygen atoms in total. The summed E-state index contributed by atoms with van der Waals surface area (Å²) < 4.78 is 5.15. The molecule has 0 bridgehead atoms. The molecule has 0 aliphatic heterocycles. The van der Waals surface area contributed by atoms with Crippen molar-refractivity contribution in [3.05, 3.63) is 12.7 Å². The van der Waals surface area contributed by atoms with E-state index in [-0.39, 0.29) is 12.7 Å². The number of aliphatic hydroxyl groups is 1. The second kappa shape index (κ2) is 5.79. The van der Waals surface area contributed by atoms with Crippen molar-refractivity contribution in [3.63, 3.8) is 0 Å². The molecule has 0 aliphatic carbocycles. The lowest BCUT2D eigenvalue weighted by Crippen LogP contribution is -2.09. The van der Waals surface area contributed by atoms with Gasteiger partial charge >= 0.3 is 0 Å². The second-order valence-corrected chi connectivity index (χ2v) is 1.94. The van der Waals surface area contributed by atoms with Gasteiger partial charge in [0.1, 0.15) is 0 Å². The monoisotopic (exact) mass is 130 g/mol. The van der Waals surface area contributed by atoms with E-state index in [4.69, 9.17) is 9.84 Å². The maximum Gasteiger partial charge on any atom is 0.0648 e. The van der Waals surface area contributed by atoms with Gasteiger partial charge in [0.25, 0.3) is 0 Å². The first kappa shape index (κ1) is 8.66. The minimum absolute atomic E-state index is 0.146. The van der Waals surface area contributed by atoms with E-state index in [1.165, 1.54) is 0 Å². The first-order chi connectivity index (χ1) is 4.31. The molecule has 0 radical (unpaired) electrons. The van der Waals surface area contributed by atoms with Gasteiger partial charge in [0.15, 0.2) is 0 Å². The second-order valence-electron chi connectivity index (χ2n) is 1.94. The summed E-state index contributed by atoms with van der Waals surface area (Å²) in [4.78, 5) is 0. The Labute approximate surface area is 56.1 Å². The van der Waals surface area contributed by atoms with Crippen LogP contribution in [0, 0.1) is 0 Å². The lowest BCUT2D eigenvalue weighted by Gasteiger charge is -2.08. The Bertz CT molecular complexity index is 71.3. The first-order valence-electron chi connectivity index (χ1n) is 3.14. The molecule has 0 aliphatic rings. The van der Waals surface area contributed by atoms with Crippen molar-refractivity contribution >= 4 is 0 Å². The molecule has 54 valence electrons.